The summed E-state index contributed by atoms with van der Waals surface area (Å²) in [5.74, 6) is 0. The van der Waals surface area contributed by atoms with Gasteiger partial charge in [-0.3, -0.25) is 0 Å². The van der Waals surface area contributed by atoms with Crippen LogP contribution in [0.1, 0.15) is 6.42 Å². The van der Waals surface area contributed by atoms with Crippen LogP contribution in [0.15, 0.2) is 25.3 Å². The quantitative estimate of drug-likeness (QED) is 0.540. The van der Waals surface area contributed by atoms with Gasteiger partial charge in [-0.1, -0.05) is 12.2 Å². The highest BCUT2D eigenvalue weighted by atomic mass is 16.3. The van der Waals surface area contributed by atoms with Crippen molar-refractivity contribution in [2.24, 2.45) is 0 Å². The van der Waals surface area contributed by atoms with Crippen LogP contribution in [0.4, 0.5) is 0 Å². The van der Waals surface area contributed by atoms with Crippen molar-refractivity contribution in [3.8, 4) is 0 Å². The van der Waals surface area contributed by atoms with E-state index in [1.807, 2.05) is 0 Å². The molecule has 0 rings (SSSR count). The summed E-state index contributed by atoms with van der Waals surface area (Å²) < 4.78 is 0. The number of rotatable bonds is 4. The Balaban J connectivity index is 3.45. The fourth-order valence-corrected chi connectivity index (χ4v) is 0.440. The second-order valence-electron chi connectivity index (χ2n) is 1.84. The summed E-state index contributed by atoms with van der Waals surface area (Å²) in [4.78, 5) is 0. The van der Waals surface area contributed by atoms with Gasteiger partial charge in [-0.25, -0.2) is 0 Å². The van der Waals surface area contributed by atoms with Crippen LogP contribution in [0.25, 0.3) is 0 Å². The van der Waals surface area contributed by atoms with Crippen molar-refractivity contribution in [3.63, 3.8) is 0 Å². The summed E-state index contributed by atoms with van der Waals surface area (Å²) in [5.41, 5.74) is 0. The summed E-state index contributed by atoms with van der Waals surface area (Å²) in [7, 11) is 0. The molecular formula is C7H12O2. The largest absolute Gasteiger partial charge is 0.389 e. The summed E-state index contributed by atoms with van der Waals surface area (Å²) in [6, 6.07) is 0. The van der Waals surface area contributed by atoms with E-state index in [9.17, 15) is 0 Å². The first-order chi connectivity index (χ1) is 4.20. The van der Waals surface area contributed by atoms with E-state index in [2.05, 4.69) is 13.2 Å². The molecule has 0 heterocycles. The Hall–Kier alpha value is -0.600. The lowest BCUT2D eigenvalue weighted by Gasteiger charge is -2.06. The van der Waals surface area contributed by atoms with Gasteiger partial charge in [0, 0.05) is 6.42 Å². The van der Waals surface area contributed by atoms with E-state index in [-0.39, 0.29) is 6.42 Å². The van der Waals surface area contributed by atoms with E-state index in [1.165, 1.54) is 12.2 Å². The van der Waals surface area contributed by atoms with Crippen LogP contribution in [0.3, 0.4) is 0 Å². The van der Waals surface area contributed by atoms with E-state index in [0.29, 0.717) is 0 Å². The number of hydrogen-bond donors (Lipinski definition) is 2. The van der Waals surface area contributed by atoms with Crippen LogP contribution >= 0.6 is 0 Å². The summed E-state index contributed by atoms with van der Waals surface area (Å²) in [5, 5.41) is 17.7. The van der Waals surface area contributed by atoms with Gasteiger partial charge in [0.2, 0.25) is 0 Å². The van der Waals surface area contributed by atoms with E-state index >= 15 is 0 Å². The van der Waals surface area contributed by atoms with Crippen molar-refractivity contribution < 1.29 is 10.2 Å². The van der Waals surface area contributed by atoms with Gasteiger partial charge in [0.25, 0.3) is 0 Å². The van der Waals surface area contributed by atoms with Gasteiger partial charge in [-0.05, 0) is 0 Å². The molecule has 0 aliphatic rings. The van der Waals surface area contributed by atoms with Crippen molar-refractivity contribution in [2.45, 2.75) is 18.6 Å². The van der Waals surface area contributed by atoms with Gasteiger partial charge >= 0.3 is 0 Å². The predicted octanol–water partition coefficient (Wildman–Crippen LogP) is 0.470. The third kappa shape index (κ3) is 3.94. The monoisotopic (exact) mass is 128 g/mol. The molecule has 2 nitrogen and oxygen atoms in total. The van der Waals surface area contributed by atoms with E-state index < -0.39 is 12.2 Å². The first-order valence-corrected chi connectivity index (χ1v) is 2.82. The highest BCUT2D eigenvalue weighted by Crippen LogP contribution is 1.98. The SMILES string of the molecule is C=C[C@@H](O)C[C@@H](O)C=C. The van der Waals surface area contributed by atoms with Crippen molar-refractivity contribution >= 4 is 0 Å². The molecule has 2 atom stereocenters. The highest BCUT2D eigenvalue weighted by Gasteiger charge is 2.03. The molecule has 0 saturated carbocycles. The number of hydrogen-bond acceptors (Lipinski definition) is 2. The van der Waals surface area contributed by atoms with Gasteiger partial charge in [-0.2, -0.15) is 0 Å². The van der Waals surface area contributed by atoms with Crippen molar-refractivity contribution in [3.05, 3.63) is 25.3 Å². The Morgan fingerprint density at radius 1 is 1.11 bits per heavy atom. The molecule has 0 aliphatic heterocycles. The first kappa shape index (κ1) is 8.40. The molecule has 0 aromatic rings. The molecule has 0 aromatic heterocycles. The molecule has 9 heavy (non-hydrogen) atoms. The minimum atomic E-state index is -0.627. The maximum Gasteiger partial charge on any atom is 0.0746 e. The molecule has 0 fully saturated rings. The lowest BCUT2D eigenvalue weighted by molar-refractivity contribution is 0.133. The molecule has 0 amide bonds. The predicted molar refractivity (Wildman–Crippen MR) is 37.0 cm³/mol. The minimum absolute atomic E-state index is 0.285. The fraction of sp³-hybridized carbons (Fsp3) is 0.429. The Morgan fingerprint density at radius 2 is 1.44 bits per heavy atom. The molecular weight excluding hydrogens is 116 g/mol. The number of aliphatic hydroxyl groups is 2. The van der Waals surface area contributed by atoms with E-state index in [1.54, 1.807) is 0 Å². The van der Waals surface area contributed by atoms with Gasteiger partial charge < -0.3 is 10.2 Å². The number of aliphatic hydroxyl groups excluding tert-OH is 2. The third-order valence-electron chi connectivity index (χ3n) is 1.03. The topological polar surface area (TPSA) is 40.5 Å². The molecule has 0 spiro atoms. The highest BCUT2D eigenvalue weighted by molar-refractivity contribution is 4.86. The zero-order valence-corrected chi connectivity index (χ0v) is 5.33. The minimum Gasteiger partial charge on any atom is -0.389 e. The Morgan fingerprint density at radius 3 is 1.67 bits per heavy atom. The third-order valence-corrected chi connectivity index (χ3v) is 1.03. The lowest BCUT2D eigenvalue weighted by Crippen LogP contribution is -2.12. The molecule has 0 aliphatic carbocycles. The molecule has 2 heteroatoms. The van der Waals surface area contributed by atoms with Crippen molar-refractivity contribution in [2.75, 3.05) is 0 Å². The van der Waals surface area contributed by atoms with E-state index in [0.717, 1.165) is 0 Å². The second kappa shape index (κ2) is 4.30. The first-order valence-electron chi connectivity index (χ1n) is 2.82. The molecule has 0 unspecified atom stereocenters. The molecule has 2 N–H and O–H groups in total. The average Bonchev–Trinajstić information content (AvgIpc) is 1.87. The molecule has 52 valence electrons. The maximum absolute atomic E-state index is 8.83. The Kier molecular flexibility index (Phi) is 4.01. The fourth-order valence-electron chi connectivity index (χ4n) is 0.440. The summed E-state index contributed by atoms with van der Waals surface area (Å²) >= 11 is 0. The molecule has 0 bridgehead atoms. The standard InChI is InChI=1S/C7H12O2/c1-3-6(8)5-7(9)4-2/h3-4,6-9H,1-2,5H2/t6-,7+. The molecule has 0 aromatic carbocycles. The Bertz CT molecular complexity index is 87.1. The van der Waals surface area contributed by atoms with Gasteiger partial charge in [0.1, 0.15) is 0 Å². The van der Waals surface area contributed by atoms with E-state index in [4.69, 9.17) is 10.2 Å². The van der Waals surface area contributed by atoms with Gasteiger partial charge in [0.05, 0.1) is 12.2 Å². The second-order valence-corrected chi connectivity index (χ2v) is 1.84. The van der Waals surface area contributed by atoms with Crippen molar-refractivity contribution in [1.29, 1.82) is 0 Å². The maximum atomic E-state index is 8.83. The summed E-state index contributed by atoms with van der Waals surface area (Å²) in [6.07, 6.45) is 1.79. The zero-order chi connectivity index (χ0) is 7.28. The lowest BCUT2D eigenvalue weighted by atomic mass is 10.1. The zero-order valence-electron chi connectivity index (χ0n) is 5.33. The van der Waals surface area contributed by atoms with Crippen molar-refractivity contribution in [1.82, 2.24) is 0 Å². The molecule has 0 radical (unpaired) electrons. The van der Waals surface area contributed by atoms with Crippen LogP contribution in [-0.4, -0.2) is 22.4 Å². The van der Waals surface area contributed by atoms with Crippen LogP contribution < -0.4 is 0 Å². The average molecular weight is 128 g/mol. The van der Waals surface area contributed by atoms with Gasteiger partial charge in [0.15, 0.2) is 0 Å². The van der Waals surface area contributed by atoms with Crippen LogP contribution in [0, 0.1) is 0 Å². The van der Waals surface area contributed by atoms with Crippen LogP contribution in [0.5, 0.6) is 0 Å². The molecule has 0 saturated heterocycles. The Labute approximate surface area is 55.1 Å². The summed E-state index contributed by atoms with van der Waals surface area (Å²) in [6.45, 7) is 6.71. The van der Waals surface area contributed by atoms with Crippen LogP contribution in [-0.2, 0) is 0 Å². The van der Waals surface area contributed by atoms with Crippen LogP contribution in [0.2, 0.25) is 0 Å². The smallest absolute Gasteiger partial charge is 0.0746 e. The van der Waals surface area contributed by atoms with Gasteiger partial charge in [-0.15, -0.1) is 13.2 Å². The normalized spacial score (nSPS) is 16.2.